The lowest BCUT2D eigenvalue weighted by Crippen LogP contribution is -2.10. The Bertz CT molecular complexity index is 428. The first-order chi connectivity index (χ1) is 10.9. The third-order valence-corrected chi connectivity index (χ3v) is 4.75. The number of unbranched alkanes of at least 4 members (excludes halogenated alkanes) is 9. The van der Waals surface area contributed by atoms with Gasteiger partial charge < -0.3 is 5.11 Å². The van der Waals surface area contributed by atoms with Gasteiger partial charge >= 0.3 is 0 Å². The van der Waals surface area contributed by atoms with Gasteiger partial charge in [0.2, 0.25) is 0 Å². The Kier molecular flexibility index (Phi) is 9.36. The standard InChI is InChI=1S/C22H38O/c1-5-6-7-8-9-10-11-12-13-14-15-19-16-17-20(18-21(19)23)22(2,3)4/h16-18,23H,5-15H2,1-4H3. The summed E-state index contributed by atoms with van der Waals surface area (Å²) in [7, 11) is 0. The molecule has 0 radical (unpaired) electrons. The average molecular weight is 319 g/mol. The van der Waals surface area contributed by atoms with Crippen molar-refractivity contribution in [2.24, 2.45) is 0 Å². The zero-order valence-corrected chi connectivity index (χ0v) is 16.0. The number of aryl methyl sites for hydroxylation is 1. The van der Waals surface area contributed by atoms with E-state index in [1.54, 1.807) is 0 Å². The van der Waals surface area contributed by atoms with Gasteiger partial charge in [-0.05, 0) is 35.4 Å². The van der Waals surface area contributed by atoms with Gasteiger partial charge in [0.25, 0.3) is 0 Å². The number of phenols is 1. The molecule has 23 heavy (non-hydrogen) atoms. The van der Waals surface area contributed by atoms with Crippen LogP contribution >= 0.6 is 0 Å². The molecule has 1 nitrogen and oxygen atoms in total. The van der Waals surface area contributed by atoms with Crippen LogP contribution in [-0.2, 0) is 11.8 Å². The monoisotopic (exact) mass is 318 g/mol. The van der Waals surface area contributed by atoms with Crippen LogP contribution in [0.15, 0.2) is 18.2 Å². The molecule has 0 saturated carbocycles. The highest BCUT2D eigenvalue weighted by atomic mass is 16.3. The maximum atomic E-state index is 10.2. The largest absolute Gasteiger partial charge is 0.508 e. The average Bonchev–Trinajstić information content (AvgIpc) is 2.49. The lowest BCUT2D eigenvalue weighted by atomic mass is 9.86. The summed E-state index contributed by atoms with van der Waals surface area (Å²) >= 11 is 0. The van der Waals surface area contributed by atoms with Crippen molar-refractivity contribution in [1.29, 1.82) is 0 Å². The molecule has 0 aliphatic rings. The van der Waals surface area contributed by atoms with Gasteiger partial charge in [0, 0.05) is 0 Å². The lowest BCUT2D eigenvalue weighted by molar-refractivity contribution is 0.461. The van der Waals surface area contributed by atoms with Gasteiger partial charge in [-0.15, -0.1) is 0 Å². The summed E-state index contributed by atoms with van der Waals surface area (Å²) in [6, 6.07) is 6.24. The fourth-order valence-electron chi connectivity index (χ4n) is 3.04. The van der Waals surface area contributed by atoms with Gasteiger partial charge in [0.05, 0.1) is 0 Å². The molecule has 0 spiro atoms. The van der Waals surface area contributed by atoms with Gasteiger partial charge in [0.15, 0.2) is 0 Å². The van der Waals surface area contributed by atoms with E-state index in [1.807, 2.05) is 6.07 Å². The van der Waals surface area contributed by atoms with Crippen molar-refractivity contribution in [3.8, 4) is 5.75 Å². The van der Waals surface area contributed by atoms with Crippen molar-refractivity contribution < 1.29 is 5.11 Å². The highest BCUT2D eigenvalue weighted by molar-refractivity contribution is 5.39. The van der Waals surface area contributed by atoms with E-state index < -0.39 is 0 Å². The third kappa shape index (κ3) is 8.44. The number of rotatable bonds is 11. The van der Waals surface area contributed by atoms with Gasteiger partial charge in [-0.25, -0.2) is 0 Å². The molecule has 0 aromatic heterocycles. The first-order valence-electron chi connectivity index (χ1n) is 9.77. The second-order valence-corrected chi connectivity index (χ2v) is 8.03. The Balaban J connectivity index is 2.14. The second-order valence-electron chi connectivity index (χ2n) is 8.03. The molecule has 0 heterocycles. The van der Waals surface area contributed by atoms with E-state index in [2.05, 4.69) is 39.8 Å². The minimum atomic E-state index is 0.104. The van der Waals surface area contributed by atoms with E-state index in [9.17, 15) is 5.11 Å². The van der Waals surface area contributed by atoms with Crippen molar-refractivity contribution in [3.63, 3.8) is 0 Å². The SMILES string of the molecule is CCCCCCCCCCCCc1ccc(C(C)(C)C)cc1O. The molecule has 0 atom stereocenters. The maximum absolute atomic E-state index is 10.2. The summed E-state index contributed by atoms with van der Waals surface area (Å²) < 4.78 is 0. The minimum Gasteiger partial charge on any atom is -0.508 e. The summed E-state index contributed by atoms with van der Waals surface area (Å²) in [5.41, 5.74) is 2.42. The fourth-order valence-corrected chi connectivity index (χ4v) is 3.04. The van der Waals surface area contributed by atoms with Crippen molar-refractivity contribution in [1.82, 2.24) is 0 Å². The summed E-state index contributed by atoms with van der Waals surface area (Å²) in [5, 5.41) is 10.2. The Morgan fingerprint density at radius 1 is 0.783 bits per heavy atom. The maximum Gasteiger partial charge on any atom is 0.119 e. The summed E-state index contributed by atoms with van der Waals surface area (Å²) in [6.07, 6.45) is 14.6. The molecule has 0 aliphatic heterocycles. The molecule has 0 amide bonds. The summed E-state index contributed by atoms with van der Waals surface area (Å²) in [4.78, 5) is 0. The van der Waals surface area contributed by atoms with Gasteiger partial charge in [-0.3, -0.25) is 0 Å². The molecular weight excluding hydrogens is 280 g/mol. The van der Waals surface area contributed by atoms with E-state index in [4.69, 9.17) is 0 Å². The molecule has 0 fully saturated rings. The Labute approximate surface area is 144 Å². The van der Waals surface area contributed by atoms with Crippen LogP contribution in [0.2, 0.25) is 0 Å². The molecule has 0 bridgehead atoms. The van der Waals surface area contributed by atoms with Crippen LogP contribution in [0.3, 0.4) is 0 Å². The van der Waals surface area contributed by atoms with E-state index in [1.165, 1.54) is 69.8 Å². The highest BCUT2D eigenvalue weighted by Gasteiger charge is 2.15. The fraction of sp³-hybridized carbons (Fsp3) is 0.727. The van der Waals surface area contributed by atoms with Crippen LogP contribution in [0.5, 0.6) is 5.75 Å². The molecule has 1 aromatic rings. The van der Waals surface area contributed by atoms with Gasteiger partial charge in [0.1, 0.15) is 5.75 Å². The normalized spacial score (nSPS) is 11.8. The number of aromatic hydroxyl groups is 1. The Morgan fingerprint density at radius 3 is 1.78 bits per heavy atom. The summed E-state index contributed by atoms with van der Waals surface area (Å²) in [5.74, 6) is 0.480. The molecule has 1 rings (SSSR count). The predicted octanol–water partition coefficient (Wildman–Crippen LogP) is 7.15. The van der Waals surface area contributed by atoms with Crippen molar-refractivity contribution in [2.45, 2.75) is 104 Å². The van der Waals surface area contributed by atoms with Crippen LogP contribution in [-0.4, -0.2) is 5.11 Å². The van der Waals surface area contributed by atoms with Gasteiger partial charge in [-0.1, -0.05) is 97.6 Å². The quantitative estimate of drug-likeness (QED) is 0.429. The second kappa shape index (κ2) is 10.7. The molecule has 1 aromatic carbocycles. The van der Waals surface area contributed by atoms with Crippen molar-refractivity contribution in [3.05, 3.63) is 29.3 Å². The zero-order valence-electron chi connectivity index (χ0n) is 16.0. The zero-order chi connectivity index (χ0) is 17.1. The van der Waals surface area contributed by atoms with Crippen LogP contribution < -0.4 is 0 Å². The van der Waals surface area contributed by atoms with E-state index in [0.717, 1.165) is 12.0 Å². The summed E-state index contributed by atoms with van der Waals surface area (Å²) in [6.45, 7) is 8.82. The Hall–Kier alpha value is -0.980. The molecule has 0 unspecified atom stereocenters. The van der Waals surface area contributed by atoms with Crippen LogP contribution in [0.1, 0.15) is 103 Å². The third-order valence-electron chi connectivity index (χ3n) is 4.75. The van der Waals surface area contributed by atoms with E-state index in [0.29, 0.717) is 5.75 Å². The molecule has 0 aliphatic carbocycles. The van der Waals surface area contributed by atoms with Gasteiger partial charge in [-0.2, -0.15) is 0 Å². The number of hydrogen-bond acceptors (Lipinski definition) is 1. The first-order valence-corrected chi connectivity index (χ1v) is 9.77. The highest BCUT2D eigenvalue weighted by Crippen LogP contribution is 2.28. The predicted molar refractivity (Wildman–Crippen MR) is 102 cm³/mol. The van der Waals surface area contributed by atoms with E-state index in [-0.39, 0.29) is 5.41 Å². The molecule has 0 saturated heterocycles. The number of benzene rings is 1. The van der Waals surface area contributed by atoms with Crippen LogP contribution in [0.4, 0.5) is 0 Å². The van der Waals surface area contributed by atoms with Crippen LogP contribution in [0, 0.1) is 0 Å². The topological polar surface area (TPSA) is 20.2 Å². The molecule has 1 N–H and O–H groups in total. The first kappa shape index (κ1) is 20.1. The molecular formula is C22H38O. The Morgan fingerprint density at radius 2 is 1.30 bits per heavy atom. The number of hydrogen-bond donors (Lipinski definition) is 1. The molecule has 1 heteroatoms. The van der Waals surface area contributed by atoms with E-state index >= 15 is 0 Å². The number of phenolic OH excluding ortho intramolecular Hbond substituents is 1. The van der Waals surface area contributed by atoms with Crippen molar-refractivity contribution in [2.75, 3.05) is 0 Å². The lowest BCUT2D eigenvalue weighted by Gasteiger charge is -2.20. The molecule has 132 valence electrons. The van der Waals surface area contributed by atoms with Crippen LogP contribution in [0.25, 0.3) is 0 Å². The smallest absolute Gasteiger partial charge is 0.119 e. The van der Waals surface area contributed by atoms with Crippen molar-refractivity contribution >= 4 is 0 Å². The minimum absolute atomic E-state index is 0.104.